The first-order chi connectivity index (χ1) is 20.1. The van der Waals surface area contributed by atoms with Crippen molar-refractivity contribution < 1.29 is 37.0 Å². The smallest absolute Gasteiger partial charge is 0.444 e. The van der Waals surface area contributed by atoms with Gasteiger partial charge < -0.3 is 35.3 Å². The van der Waals surface area contributed by atoms with Crippen LogP contribution in [0.15, 0.2) is 59.5 Å². The van der Waals surface area contributed by atoms with E-state index in [0.29, 0.717) is 25.3 Å². The van der Waals surface area contributed by atoms with Gasteiger partial charge >= 0.3 is 12.2 Å². The Bertz CT molecular complexity index is 1220. The summed E-state index contributed by atoms with van der Waals surface area (Å²) >= 11 is 0. The SMILES string of the molecule is CNCCOC(=O)O[C@H](CN(CC(C)C)S(=O)(=O)c1ccc(N)cc1)[C@H](Cc1ccccc1)NC(=O)O[C@H]1CCOC1. The normalized spacial score (nSPS) is 16.6. The number of benzene rings is 2. The van der Waals surface area contributed by atoms with Crippen molar-refractivity contribution in [2.45, 2.75) is 49.8 Å². The van der Waals surface area contributed by atoms with Crippen molar-refractivity contribution in [2.24, 2.45) is 5.92 Å². The molecule has 1 aliphatic rings. The zero-order valence-corrected chi connectivity index (χ0v) is 25.2. The molecule has 13 heteroatoms. The van der Waals surface area contributed by atoms with Gasteiger partial charge in [0.05, 0.1) is 30.7 Å². The molecule has 1 saturated heterocycles. The summed E-state index contributed by atoms with van der Waals surface area (Å²) in [4.78, 5) is 25.8. The van der Waals surface area contributed by atoms with Crippen molar-refractivity contribution in [3.8, 4) is 0 Å². The molecular formula is C29H42N4O8S. The van der Waals surface area contributed by atoms with Crippen molar-refractivity contribution in [2.75, 3.05) is 52.2 Å². The summed E-state index contributed by atoms with van der Waals surface area (Å²) in [6.07, 6.45) is -2.46. The number of anilines is 1. The van der Waals surface area contributed by atoms with Crippen LogP contribution in [0.4, 0.5) is 15.3 Å². The topological polar surface area (TPSA) is 159 Å². The van der Waals surface area contributed by atoms with Crippen LogP contribution < -0.4 is 16.4 Å². The fourth-order valence-electron chi connectivity index (χ4n) is 4.39. The first-order valence-corrected chi connectivity index (χ1v) is 15.4. The molecule has 0 radical (unpaired) electrons. The second-order valence-electron chi connectivity index (χ2n) is 10.5. The Labute approximate surface area is 247 Å². The van der Waals surface area contributed by atoms with E-state index >= 15 is 0 Å². The lowest BCUT2D eigenvalue weighted by atomic mass is 10.0. The van der Waals surface area contributed by atoms with Gasteiger partial charge in [-0.3, -0.25) is 0 Å². The molecule has 0 saturated carbocycles. The highest BCUT2D eigenvalue weighted by Crippen LogP contribution is 2.22. The van der Waals surface area contributed by atoms with Crippen molar-refractivity contribution in [3.63, 3.8) is 0 Å². The Hall–Kier alpha value is -3.39. The number of hydrogen-bond acceptors (Lipinski definition) is 10. The lowest BCUT2D eigenvalue weighted by Crippen LogP contribution is -2.53. The van der Waals surface area contributed by atoms with Gasteiger partial charge in [-0.1, -0.05) is 44.2 Å². The highest BCUT2D eigenvalue weighted by atomic mass is 32.2. The Kier molecular flexibility index (Phi) is 12.9. The zero-order chi connectivity index (χ0) is 30.5. The Morgan fingerprint density at radius 1 is 1.10 bits per heavy atom. The summed E-state index contributed by atoms with van der Waals surface area (Å²) in [6.45, 7) is 4.86. The predicted molar refractivity (Wildman–Crippen MR) is 157 cm³/mol. The minimum Gasteiger partial charge on any atom is -0.444 e. The molecule has 3 rings (SSSR count). The third-order valence-electron chi connectivity index (χ3n) is 6.50. The molecule has 42 heavy (non-hydrogen) atoms. The lowest BCUT2D eigenvalue weighted by molar-refractivity contribution is 0.00192. The number of hydrogen-bond donors (Lipinski definition) is 3. The quantitative estimate of drug-likeness (QED) is 0.156. The van der Waals surface area contributed by atoms with Crippen molar-refractivity contribution in [1.29, 1.82) is 0 Å². The van der Waals surface area contributed by atoms with E-state index in [1.807, 2.05) is 44.2 Å². The van der Waals surface area contributed by atoms with E-state index in [0.717, 1.165) is 5.56 Å². The van der Waals surface area contributed by atoms with E-state index in [2.05, 4.69) is 10.6 Å². The van der Waals surface area contributed by atoms with Crippen molar-refractivity contribution >= 4 is 28.0 Å². The highest BCUT2D eigenvalue weighted by molar-refractivity contribution is 7.89. The minimum atomic E-state index is -4.04. The first-order valence-electron chi connectivity index (χ1n) is 14.0. The molecule has 1 amide bonds. The van der Waals surface area contributed by atoms with Crippen LogP contribution in [0.5, 0.6) is 0 Å². The van der Waals surface area contributed by atoms with Gasteiger partial charge in [-0.25, -0.2) is 18.0 Å². The van der Waals surface area contributed by atoms with Gasteiger partial charge in [0, 0.05) is 25.2 Å². The predicted octanol–water partition coefficient (Wildman–Crippen LogP) is 2.78. The van der Waals surface area contributed by atoms with E-state index < -0.39 is 40.5 Å². The van der Waals surface area contributed by atoms with Crippen LogP contribution in [0.1, 0.15) is 25.8 Å². The summed E-state index contributed by atoms with van der Waals surface area (Å²) in [5.74, 6) is -0.0651. The minimum absolute atomic E-state index is 0.0425. The highest BCUT2D eigenvalue weighted by Gasteiger charge is 2.35. The van der Waals surface area contributed by atoms with Crippen LogP contribution in [0.2, 0.25) is 0 Å². The fraction of sp³-hybridized carbons (Fsp3) is 0.517. The third kappa shape index (κ3) is 10.5. The van der Waals surface area contributed by atoms with Crippen LogP contribution in [0, 0.1) is 5.92 Å². The maximum absolute atomic E-state index is 13.8. The van der Waals surface area contributed by atoms with E-state index in [9.17, 15) is 18.0 Å². The number of amides is 1. The van der Waals surface area contributed by atoms with Gasteiger partial charge in [0.15, 0.2) is 0 Å². The number of sulfonamides is 1. The monoisotopic (exact) mass is 606 g/mol. The van der Waals surface area contributed by atoms with Crippen molar-refractivity contribution in [1.82, 2.24) is 14.9 Å². The number of likely N-dealkylation sites (N-methyl/N-ethyl adjacent to an activating group) is 1. The molecule has 0 bridgehead atoms. The number of nitrogens with two attached hydrogens (primary N) is 1. The molecule has 12 nitrogen and oxygen atoms in total. The van der Waals surface area contributed by atoms with Crippen molar-refractivity contribution in [3.05, 3.63) is 60.2 Å². The Morgan fingerprint density at radius 2 is 1.81 bits per heavy atom. The molecule has 0 aromatic heterocycles. The molecule has 1 fully saturated rings. The van der Waals surface area contributed by atoms with Gasteiger partial charge in [0.1, 0.15) is 18.8 Å². The molecular weight excluding hydrogens is 564 g/mol. The summed E-state index contributed by atoms with van der Waals surface area (Å²) in [5, 5.41) is 5.70. The van der Waals surface area contributed by atoms with Crippen LogP contribution in [-0.4, -0.2) is 89.7 Å². The first kappa shape index (κ1) is 33.1. The Morgan fingerprint density at radius 3 is 2.43 bits per heavy atom. The number of nitrogen functional groups attached to an aromatic ring is 1. The second-order valence-corrected chi connectivity index (χ2v) is 12.4. The van der Waals surface area contributed by atoms with Gasteiger partial charge in [-0.2, -0.15) is 4.31 Å². The average Bonchev–Trinajstić information content (AvgIpc) is 3.45. The van der Waals surface area contributed by atoms with Crippen LogP contribution >= 0.6 is 0 Å². The van der Waals surface area contributed by atoms with E-state index in [1.54, 1.807) is 7.05 Å². The van der Waals surface area contributed by atoms with Gasteiger partial charge in [0.25, 0.3) is 0 Å². The van der Waals surface area contributed by atoms with Crippen LogP contribution in [0.3, 0.4) is 0 Å². The lowest BCUT2D eigenvalue weighted by Gasteiger charge is -2.33. The average molecular weight is 607 g/mol. The Balaban J connectivity index is 1.95. The largest absolute Gasteiger partial charge is 0.508 e. The zero-order valence-electron chi connectivity index (χ0n) is 24.4. The van der Waals surface area contributed by atoms with Crippen LogP contribution in [-0.2, 0) is 35.4 Å². The maximum atomic E-state index is 13.8. The van der Waals surface area contributed by atoms with Gasteiger partial charge in [-0.15, -0.1) is 0 Å². The number of alkyl carbamates (subject to hydrolysis) is 1. The van der Waals surface area contributed by atoms with Gasteiger partial charge in [-0.05, 0) is 49.2 Å². The van der Waals surface area contributed by atoms with E-state index in [-0.39, 0.29) is 43.5 Å². The van der Waals surface area contributed by atoms with E-state index in [4.69, 9.17) is 24.7 Å². The van der Waals surface area contributed by atoms with Gasteiger partial charge in [0.2, 0.25) is 10.0 Å². The molecule has 4 N–H and O–H groups in total. The molecule has 0 unspecified atom stereocenters. The number of ether oxygens (including phenoxy) is 4. The molecule has 232 valence electrons. The molecule has 0 spiro atoms. The number of carbonyl (C=O) groups excluding carboxylic acids is 2. The molecule has 1 heterocycles. The van der Waals surface area contributed by atoms with E-state index in [1.165, 1.54) is 28.6 Å². The number of carbonyl (C=O) groups is 2. The molecule has 0 aliphatic carbocycles. The molecule has 2 aromatic rings. The fourth-order valence-corrected chi connectivity index (χ4v) is 6.01. The maximum Gasteiger partial charge on any atom is 0.508 e. The summed E-state index contributed by atoms with van der Waals surface area (Å²) in [5.41, 5.74) is 7.04. The number of nitrogens with zero attached hydrogens (tertiary/aromatic N) is 1. The van der Waals surface area contributed by atoms with Crippen LogP contribution in [0.25, 0.3) is 0 Å². The third-order valence-corrected chi connectivity index (χ3v) is 8.35. The second kappa shape index (κ2) is 16.3. The molecule has 2 aromatic carbocycles. The molecule has 1 aliphatic heterocycles. The number of rotatable bonds is 15. The summed E-state index contributed by atoms with van der Waals surface area (Å²) in [6, 6.07) is 14.3. The summed E-state index contributed by atoms with van der Waals surface area (Å²) < 4.78 is 50.7. The molecule has 3 atom stereocenters. The number of nitrogens with one attached hydrogen (secondary N) is 2. The standard InChI is InChI=1S/C29H42N4O8S/c1-21(2)18-33(42(36,37)25-11-9-23(30)10-12-25)19-27(41-29(35)39-16-14-31-3)26(17-22-7-5-4-6-8-22)32-28(34)40-24-13-15-38-20-24/h4-12,21,24,26-27,31H,13-20,30H2,1-3H3,(H,32,34)/t24-,26-,27+/m0/s1. The summed E-state index contributed by atoms with van der Waals surface area (Å²) in [7, 11) is -2.33.